The van der Waals surface area contributed by atoms with E-state index in [1.165, 1.54) is 12.1 Å². The molecule has 1 aromatic carbocycles. The van der Waals surface area contributed by atoms with E-state index in [0.717, 1.165) is 29.7 Å². The van der Waals surface area contributed by atoms with Crippen LogP contribution in [0, 0.1) is 11.7 Å². The molecular weight excluding hydrogens is 343 g/mol. The van der Waals surface area contributed by atoms with Crippen molar-refractivity contribution in [3.05, 3.63) is 27.4 Å². The van der Waals surface area contributed by atoms with Gasteiger partial charge in [0.05, 0.1) is 10.7 Å². The molecule has 0 aliphatic carbocycles. The summed E-state index contributed by atoms with van der Waals surface area (Å²) in [6.07, 6.45) is 1.07. The molecule has 1 aliphatic rings. The van der Waals surface area contributed by atoms with E-state index >= 15 is 0 Å². The number of piperidine rings is 1. The maximum absolute atomic E-state index is 13.4. The van der Waals surface area contributed by atoms with Gasteiger partial charge >= 0.3 is 0 Å². The van der Waals surface area contributed by atoms with Crippen LogP contribution in [0.3, 0.4) is 0 Å². The molecule has 0 bridgehead atoms. The molecule has 0 saturated carbocycles. The summed E-state index contributed by atoms with van der Waals surface area (Å²) in [6.45, 7) is 8.52. The van der Waals surface area contributed by atoms with Gasteiger partial charge in [-0.25, -0.2) is 4.39 Å². The number of nitrogens with one attached hydrogen (secondary N) is 1. The first kappa shape index (κ1) is 16.1. The fourth-order valence-corrected chi connectivity index (χ4v) is 4.13. The Bertz CT molecular complexity index is 460. The molecular formula is C15H21BrClFN2. The minimum Gasteiger partial charge on any atom is -0.366 e. The summed E-state index contributed by atoms with van der Waals surface area (Å²) >= 11 is 9.70. The molecule has 1 N–H and O–H groups in total. The van der Waals surface area contributed by atoms with Gasteiger partial charge in [0.15, 0.2) is 0 Å². The first-order valence-electron chi connectivity index (χ1n) is 7.10. The molecule has 2 rings (SSSR count). The molecule has 0 radical (unpaired) electrons. The lowest BCUT2D eigenvalue weighted by atomic mass is 9.86. The molecule has 5 heteroatoms. The molecule has 20 heavy (non-hydrogen) atoms. The van der Waals surface area contributed by atoms with E-state index in [-0.39, 0.29) is 5.82 Å². The van der Waals surface area contributed by atoms with Crippen molar-refractivity contribution in [1.82, 2.24) is 5.32 Å². The molecule has 1 aliphatic heterocycles. The van der Waals surface area contributed by atoms with Crippen LogP contribution in [0.25, 0.3) is 0 Å². The highest BCUT2D eigenvalue weighted by Gasteiger charge is 2.33. The Labute approximate surface area is 133 Å². The first-order valence-corrected chi connectivity index (χ1v) is 8.27. The van der Waals surface area contributed by atoms with Crippen molar-refractivity contribution in [2.24, 2.45) is 5.92 Å². The van der Waals surface area contributed by atoms with Crippen LogP contribution >= 0.6 is 27.5 Å². The number of hydrogen-bond acceptors (Lipinski definition) is 2. The van der Waals surface area contributed by atoms with Gasteiger partial charge in [-0.1, -0.05) is 25.4 Å². The van der Waals surface area contributed by atoms with Crippen molar-refractivity contribution in [2.45, 2.75) is 39.3 Å². The zero-order valence-corrected chi connectivity index (χ0v) is 14.4. The van der Waals surface area contributed by atoms with Crippen LogP contribution in [0.15, 0.2) is 16.6 Å². The number of hydrogen-bond donors (Lipinski definition) is 1. The second-order valence-electron chi connectivity index (χ2n) is 5.46. The van der Waals surface area contributed by atoms with Gasteiger partial charge in [0.25, 0.3) is 0 Å². The van der Waals surface area contributed by atoms with Crippen LogP contribution in [0.4, 0.5) is 10.1 Å². The van der Waals surface area contributed by atoms with Crippen LogP contribution < -0.4 is 10.2 Å². The number of benzene rings is 1. The third-order valence-electron chi connectivity index (χ3n) is 4.30. The van der Waals surface area contributed by atoms with Gasteiger partial charge in [-0.05, 0) is 53.9 Å². The lowest BCUT2D eigenvalue weighted by Crippen LogP contribution is -2.53. The summed E-state index contributed by atoms with van der Waals surface area (Å²) in [5.41, 5.74) is 0.905. The van der Waals surface area contributed by atoms with E-state index in [2.05, 4.69) is 46.9 Å². The summed E-state index contributed by atoms with van der Waals surface area (Å²) in [5.74, 6) is 0.200. The third kappa shape index (κ3) is 3.12. The summed E-state index contributed by atoms with van der Waals surface area (Å²) in [5, 5.41) is 4.01. The van der Waals surface area contributed by atoms with Crippen LogP contribution in [-0.4, -0.2) is 25.2 Å². The molecule has 0 spiro atoms. The van der Waals surface area contributed by atoms with Crippen molar-refractivity contribution >= 4 is 33.2 Å². The smallest absolute Gasteiger partial charge is 0.125 e. The Morgan fingerprint density at radius 2 is 2.15 bits per heavy atom. The number of nitrogens with zero attached hydrogens (tertiary/aromatic N) is 1. The average molecular weight is 364 g/mol. The SMILES string of the molecule is CCNC1CCN(c2c(Cl)cc(F)cc2Br)C(C)C1C. The molecule has 112 valence electrons. The Balaban J connectivity index is 2.27. The summed E-state index contributed by atoms with van der Waals surface area (Å²) in [7, 11) is 0. The van der Waals surface area contributed by atoms with E-state index in [4.69, 9.17) is 11.6 Å². The van der Waals surface area contributed by atoms with Crippen LogP contribution in [-0.2, 0) is 0 Å². The Morgan fingerprint density at radius 1 is 1.45 bits per heavy atom. The normalized spacial score (nSPS) is 26.9. The largest absolute Gasteiger partial charge is 0.366 e. The zero-order valence-electron chi connectivity index (χ0n) is 12.1. The summed E-state index contributed by atoms with van der Waals surface area (Å²) in [6, 6.07) is 3.75. The minimum absolute atomic E-state index is 0.311. The molecule has 0 aromatic heterocycles. The quantitative estimate of drug-likeness (QED) is 0.853. The zero-order chi connectivity index (χ0) is 14.9. The predicted octanol–water partition coefficient (Wildman–Crippen LogP) is 4.45. The molecule has 2 nitrogen and oxygen atoms in total. The number of anilines is 1. The molecule has 1 heterocycles. The van der Waals surface area contributed by atoms with Crippen molar-refractivity contribution in [3.63, 3.8) is 0 Å². The maximum atomic E-state index is 13.4. The molecule has 0 amide bonds. The number of halogens is 3. The maximum Gasteiger partial charge on any atom is 0.125 e. The fraction of sp³-hybridized carbons (Fsp3) is 0.600. The third-order valence-corrected chi connectivity index (χ3v) is 5.20. The topological polar surface area (TPSA) is 15.3 Å². The van der Waals surface area contributed by atoms with Gasteiger partial charge in [0.1, 0.15) is 5.82 Å². The van der Waals surface area contributed by atoms with Gasteiger partial charge in [-0.15, -0.1) is 0 Å². The Morgan fingerprint density at radius 3 is 2.75 bits per heavy atom. The van der Waals surface area contributed by atoms with Crippen molar-refractivity contribution < 1.29 is 4.39 Å². The Hall–Kier alpha value is -0.320. The van der Waals surface area contributed by atoms with Crippen LogP contribution in [0.1, 0.15) is 27.2 Å². The molecule has 1 fully saturated rings. The summed E-state index contributed by atoms with van der Waals surface area (Å²) in [4.78, 5) is 2.28. The lowest BCUT2D eigenvalue weighted by molar-refractivity contribution is 0.274. The minimum atomic E-state index is -0.311. The molecule has 3 atom stereocenters. The van der Waals surface area contributed by atoms with Crippen molar-refractivity contribution in [1.29, 1.82) is 0 Å². The Kier molecular flexibility index (Phi) is 5.32. The molecule has 1 saturated heterocycles. The van der Waals surface area contributed by atoms with Crippen molar-refractivity contribution in [3.8, 4) is 0 Å². The highest BCUT2D eigenvalue weighted by molar-refractivity contribution is 9.10. The standard InChI is InChI=1S/C15H21BrClFN2/c1-4-19-14-5-6-20(10(3)9(14)2)15-12(16)7-11(18)8-13(15)17/h7-10,14,19H,4-6H2,1-3H3. The van der Waals surface area contributed by atoms with E-state index in [1.54, 1.807) is 0 Å². The number of rotatable bonds is 3. The lowest BCUT2D eigenvalue weighted by Gasteiger charge is -2.45. The van der Waals surface area contributed by atoms with E-state index in [0.29, 0.717) is 23.0 Å². The second kappa shape index (κ2) is 6.63. The highest BCUT2D eigenvalue weighted by Crippen LogP contribution is 2.39. The van der Waals surface area contributed by atoms with Gasteiger partial charge in [-0.3, -0.25) is 0 Å². The fourth-order valence-electron chi connectivity index (χ4n) is 3.04. The van der Waals surface area contributed by atoms with E-state index < -0.39 is 0 Å². The molecule has 1 aromatic rings. The van der Waals surface area contributed by atoms with Gasteiger partial charge in [0, 0.05) is 23.1 Å². The summed E-state index contributed by atoms with van der Waals surface area (Å²) < 4.78 is 14.1. The van der Waals surface area contributed by atoms with Gasteiger partial charge < -0.3 is 10.2 Å². The molecule has 3 unspecified atom stereocenters. The van der Waals surface area contributed by atoms with Crippen molar-refractivity contribution in [2.75, 3.05) is 18.0 Å². The monoisotopic (exact) mass is 362 g/mol. The van der Waals surface area contributed by atoms with Crippen LogP contribution in [0.5, 0.6) is 0 Å². The highest BCUT2D eigenvalue weighted by atomic mass is 79.9. The van der Waals surface area contributed by atoms with Gasteiger partial charge in [-0.2, -0.15) is 0 Å². The van der Waals surface area contributed by atoms with E-state index in [1.807, 2.05) is 0 Å². The predicted molar refractivity (Wildman–Crippen MR) is 87.2 cm³/mol. The van der Waals surface area contributed by atoms with Gasteiger partial charge in [0.2, 0.25) is 0 Å². The average Bonchev–Trinajstić information content (AvgIpc) is 2.36. The first-order chi connectivity index (χ1) is 9.45. The van der Waals surface area contributed by atoms with Crippen LogP contribution in [0.2, 0.25) is 5.02 Å². The van der Waals surface area contributed by atoms with E-state index in [9.17, 15) is 4.39 Å². The second-order valence-corrected chi connectivity index (χ2v) is 6.73.